The Hall–Kier alpha value is -4.30. The number of aliphatic hydroxyl groups is 1. The summed E-state index contributed by atoms with van der Waals surface area (Å²) in [5, 5.41) is 11.5. The molecule has 1 aliphatic heterocycles. The van der Waals surface area contributed by atoms with Crippen molar-refractivity contribution in [3.05, 3.63) is 107 Å². The Morgan fingerprint density at radius 2 is 1.86 bits per heavy atom. The van der Waals surface area contributed by atoms with Crippen molar-refractivity contribution in [2.45, 2.75) is 13.0 Å². The molecule has 0 bridgehead atoms. The molecular weight excluding hydrogens is 479 g/mol. The molecule has 0 aliphatic carbocycles. The van der Waals surface area contributed by atoms with E-state index in [0.717, 1.165) is 10.3 Å². The van der Waals surface area contributed by atoms with E-state index >= 15 is 0 Å². The van der Waals surface area contributed by atoms with Gasteiger partial charge in [0.2, 0.25) is 0 Å². The van der Waals surface area contributed by atoms with E-state index in [1.54, 1.807) is 30.3 Å². The van der Waals surface area contributed by atoms with Crippen molar-refractivity contribution < 1.29 is 23.8 Å². The molecule has 1 fully saturated rings. The number of aryl methyl sites for hydroxylation is 1. The molecule has 1 aliphatic rings. The third-order valence-corrected chi connectivity index (χ3v) is 6.88. The monoisotopic (exact) mass is 500 g/mol. The molecule has 8 heteroatoms. The minimum atomic E-state index is -0.940. The summed E-state index contributed by atoms with van der Waals surface area (Å²) in [6.45, 7) is 5.92. The Morgan fingerprint density at radius 3 is 2.56 bits per heavy atom. The maximum absolute atomic E-state index is 13.5. The van der Waals surface area contributed by atoms with Crippen LogP contribution in [0.15, 0.2) is 85.0 Å². The molecular formula is C28H21FN2O4S. The molecule has 1 N–H and O–H groups in total. The van der Waals surface area contributed by atoms with Crippen LogP contribution in [-0.4, -0.2) is 28.4 Å². The molecule has 0 radical (unpaired) electrons. The molecule has 36 heavy (non-hydrogen) atoms. The maximum atomic E-state index is 13.5. The molecule has 0 saturated carbocycles. The molecule has 1 amide bonds. The number of anilines is 1. The molecule has 5 rings (SSSR count). The fourth-order valence-corrected chi connectivity index (χ4v) is 5.22. The minimum Gasteiger partial charge on any atom is -0.507 e. The average molecular weight is 501 g/mol. The first kappa shape index (κ1) is 23.4. The van der Waals surface area contributed by atoms with Crippen LogP contribution in [0.25, 0.3) is 16.0 Å². The molecule has 6 nitrogen and oxygen atoms in total. The summed E-state index contributed by atoms with van der Waals surface area (Å²) in [4.78, 5) is 32.6. The zero-order valence-corrected chi connectivity index (χ0v) is 20.1. The fourth-order valence-electron chi connectivity index (χ4n) is 4.13. The summed E-state index contributed by atoms with van der Waals surface area (Å²) >= 11 is 1.29. The first-order valence-corrected chi connectivity index (χ1v) is 12.0. The number of carbonyl (C=O) groups is 2. The van der Waals surface area contributed by atoms with Gasteiger partial charge in [-0.25, -0.2) is 9.37 Å². The fraction of sp³-hybridized carbons (Fsp3) is 0.107. The summed E-state index contributed by atoms with van der Waals surface area (Å²) in [7, 11) is 0. The number of carbonyl (C=O) groups excluding carboxylic acids is 2. The molecule has 180 valence electrons. The smallest absolute Gasteiger partial charge is 0.301 e. The number of hydrogen-bond donors (Lipinski definition) is 1. The van der Waals surface area contributed by atoms with E-state index in [2.05, 4.69) is 11.6 Å². The predicted octanol–water partition coefficient (Wildman–Crippen LogP) is 5.93. The molecule has 4 aromatic rings. The van der Waals surface area contributed by atoms with Crippen LogP contribution in [-0.2, 0) is 9.59 Å². The van der Waals surface area contributed by atoms with Gasteiger partial charge in [-0.3, -0.25) is 14.5 Å². The van der Waals surface area contributed by atoms with E-state index in [9.17, 15) is 19.1 Å². The number of amides is 1. The SMILES string of the molecule is C=CCOc1ccc(C2/C(=C(\O)c3ccc(F)cc3)C(=O)C(=O)N2c2nc3ccc(C)cc3s2)cc1. The highest BCUT2D eigenvalue weighted by molar-refractivity contribution is 7.22. The molecule has 3 aromatic carbocycles. The van der Waals surface area contributed by atoms with Gasteiger partial charge >= 0.3 is 5.91 Å². The van der Waals surface area contributed by atoms with Crippen LogP contribution in [0.4, 0.5) is 9.52 Å². The van der Waals surface area contributed by atoms with E-state index in [1.807, 2.05) is 25.1 Å². The van der Waals surface area contributed by atoms with Gasteiger partial charge in [-0.15, -0.1) is 0 Å². The number of nitrogens with zero attached hydrogens (tertiary/aromatic N) is 2. The number of aliphatic hydroxyl groups excluding tert-OH is 1. The summed E-state index contributed by atoms with van der Waals surface area (Å²) in [6.07, 6.45) is 1.63. The Labute approximate surface area is 210 Å². The third kappa shape index (κ3) is 4.16. The lowest BCUT2D eigenvalue weighted by atomic mass is 9.95. The standard InChI is InChI=1S/C28H21FN2O4S/c1-3-14-35-20-11-7-17(8-12-20)24-23(25(32)18-5-9-19(29)10-6-18)26(33)27(34)31(24)28-30-21-13-4-16(2)15-22(21)36-28/h3-13,15,24,32H,1,14H2,2H3/b25-23+. The Bertz CT molecular complexity index is 1520. The van der Waals surface area contributed by atoms with E-state index < -0.39 is 23.5 Å². The Kier molecular flexibility index (Phi) is 6.12. The van der Waals surface area contributed by atoms with Crippen molar-refractivity contribution in [1.29, 1.82) is 0 Å². The predicted molar refractivity (Wildman–Crippen MR) is 138 cm³/mol. The minimum absolute atomic E-state index is 0.0956. The number of hydrogen-bond acceptors (Lipinski definition) is 6. The van der Waals surface area contributed by atoms with Crippen LogP contribution >= 0.6 is 11.3 Å². The first-order chi connectivity index (χ1) is 17.4. The normalized spacial score (nSPS) is 17.1. The van der Waals surface area contributed by atoms with Gasteiger partial charge in [-0.05, 0) is 66.6 Å². The van der Waals surface area contributed by atoms with Gasteiger partial charge in [0.1, 0.15) is 23.9 Å². The van der Waals surface area contributed by atoms with Crippen molar-refractivity contribution >= 4 is 44.1 Å². The van der Waals surface area contributed by atoms with Crippen LogP contribution in [0.1, 0.15) is 22.7 Å². The highest BCUT2D eigenvalue weighted by atomic mass is 32.1. The zero-order valence-electron chi connectivity index (χ0n) is 19.3. The molecule has 1 aromatic heterocycles. The summed E-state index contributed by atoms with van der Waals surface area (Å²) in [5.41, 5.74) is 2.46. The highest BCUT2D eigenvalue weighted by Gasteiger charge is 2.48. The van der Waals surface area contributed by atoms with Crippen molar-refractivity contribution in [3.8, 4) is 5.75 Å². The summed E-state index contributed by atoms with van der Waals surface area (Å²) in [6, 6.07) is 16.8. The second kappa shape index (κ2) is 9.39. The topological polar surface area (TPSA) is 79.7 Å². The summed E-state index contributed by atoms with van der Waals surface area (Å²) < 4.78 is 19.9. The quantitative estimate of drug-likeness (QED) is 0.154. The van der Waals surface area contributed by atoms with Gasteiger partial charge in [-0.1, -0.05) is 42.2 Å². The van der Waals surface area contributed by atoms with Gasteiger partial charge in [0, 0.05) is 5.56 Å². The zero-order chi connectivity index (χ0) is 25.4. The number of ether oxygens (including phenoxy) is 1. The number of aromatic nitrogens is 1. The van der Waals surface area contributed by atoms with Gasteiger partial charge in [0.05, 0.1) is 21.8 Å². The van der Waals surface area contributed by atoms with Gasteiger partial charge < -0.3 is 9.84 Å². The third-order valence-electron chi connectivity index (χ3n) is 5.86. The highest BCUT2D eigenvalue weighted by Crippen LogP contribution is 2.44. The van der Waals surface area contributed by atoms with Crippen LogP contribution < -0.4 is 9.64 Å². The van der Waals surface area contributed by atoms with E-state index in [-0.39, 0.29) is 16.9 Å². The number of thiazole rings is 1. The Morgan fingerprint density at radius 1 is 1.14 bits per heavy atom. The molecule has 1 saturated heterocycles. The van der Waals surface area contributed by atoms with E-state index in [0.29, 0.717) is 28.6 Å². The maximum Gasteiger partial charge on any atom is 0.301 e. The van der Waals surface area contributed by atoms with Crippen LogP contribution in [0, 0.1) is 12.7 Å². The number of ketones is 1. The number of benzene rings is 3. The van der Waals surface area contributed by atoms with Gasteiger partial charge in [-0.2, -0.15) is 0 Å². The largest absolute Gasteiger partial charge is 0.507 e. The van der Waals surface area contributed by atoms with Gasteiger partial charge in [0.25, 0.3) is 5.78 Å². The second-order valence-electron chi connectivity index (χ2n) is 8.31. The van der Waals surface area contributed by atoms with Crippen molar-refractivity contribution in [2.24, 2.45) is 0 Å². The van der Waals surface area contributed by atoms with E-state index in [4.69, 9.17) is 4.74 Å². The number of rotatable bonds is 6. The molecule has 0 spiro atoms. The number of halogens is 1. The summed E-state index contributed by atoms with van der Waals surface area (Å²) in [5.74, 6) is -1.92. The van der Waals surface area contributed by atoms with Gasteiger partial charge in [0.15, 0.2) is 5.13 Å². The number of Topliss-reactive ketones (excluding diaryl/α,β-unsaturated/α-hetero) is 1. The lowest BCUT2D eigenvalue weighted by molar-refractivity contribution is -0.132. The van der Waals surface area contributed by atoms with E-state index in [1.165, 1.54) is 40.5 Å². The van der Waals surface area contributed by atoms with Crippen molar-refractivity contribution in [2.75, 3.05) is 11.5 Å². The second-order valence-corrected chi connectivity index (χ2v) is 9.32. The van der Waals surface area contributed by atoms with Crippen LogP contribution in [0.2, 0.25) is 0 Å². The molecule has 1 unspecified atom stereocenters. The van der Waals surface area contributed by atoms with Crippen molar-refractivity contribution in [1.82, 2.24) is 4.98 Å². The lowest BCUT2D eigenvalue weighted by Crippen LogP contribution is -2.29. The average Bonchev–Trinajstić information content (AvgIpc) is 3.40. The van der Waals surface area contributed by atoms with Crippen LogP contribution in [0.3, 0.4) is 0 Å². The lowest BCUT2D eigenvalue weighted by Gasteiger charge is -2.23. The molecule has 2 heterocycles. The Balaban J connectivity index is 1.68. The van der Waals surface area contributed by atoms with Crippen molar-refractivity contribution in [3.63, 3.8) is 0 Å². The first-order valence-electron chi connectivity index (χ1n) is 11.1. The number of fused-ring (bicyclic) bond motifs is 1. The molecule has 1 atom stereocenters. The van der Waals surface area contributed by atoms with Crippen LogP contribution in [0.5, 0.6) is 5.75 Å².